The summed E-state index contributed by atoms with van der Waals surface area (Å²) in [5, 5.41) is 0. The zero-order valence-corrected chi connectivity index (χ0v) is 14.3. The lowest BCUT2D eigenvalue weighted by Gasteiger charge is -2.31. The van der Waals surface area contributed by atoms with E-state index in [2.05, 4.69) is 0 Å². The molecule has 0 amide bonds. The van der Waals surface area contributed by atoms with E-state index in [4.69, 9.17) is 4.74 Å². The lowest BCUT2D eigenvalue weighted by Crippen LogP contribution is -2.52. The van der Waals surface area contributed by atoms with Gasteiger partial charge in [0.1, 0.15) is 0 Å². The van der Waals surface area contributed by atoms with E-state index >= 15 is 0 Å². The van der Waals surface area contributed by atoms with Crippen LogP contribution in [0.4, 0.5) is 5.69 Å². The number of Topliss-reactive ketones (excluding diaryl/α,β-unsaturated/α-hetero) is 2. The van der Waals surface area contributed by atoms with Gasteiger partial charge in [0, 0.05) is 24.7 Å². The largest absolute Gasteiger partial charge is 0.376 e. The van der Waals surface area contributed by atoms with Gasteiger partial charge in [0.2, 0.25) is 0 Å². The molecule has 0 bridgehead atoms. The van der Waals surface area contributed by atoms with Crippen LogP contribution in [0.2, 0.25) is 0 Å². The quantitative estimate of drug-likeness (QED) is 0.805. The van der Waals surface area contributed by atoms with Crippen LogP contribution in [-0.2, 0) is 16.1 Å². The molecule has 1 aliphatic heterocycles. The molecule has 1 spiro atoms. The Morgan fingerprint density at radius 2 is 1.80 bits per heavy atom. The number of para-hydroxylation sites is 1. The second-order valence-electron chi connectivity index (χ2n) is 6.96. The maximum absolute atomic E-state index is 13.0. The Morgan fingerprint density at radius 1 is 1.08 bits per heavy atom. The summed E-state index contributed by atoms with van der Waals surface area (Å²) in [6.45, 7) is 1.03. The molecule has 0 saturated heterocycles. The van der Waals surface area contributed by atoms with Gasteiger partial charge in [-0.25, -0.2) is 0 Å². The van der Waals surface area contributed by atoms with Crippen LogP contribution in [0.3, 0.4) is 0 Å². The van der Waals surface area contributed by atoms with E-state index in [1.54, 1.807) is 0 Å². The minimum atomic E-state index is -1.02. The third-order valence-corrected chi connectivity index (χ3v) is 5.44. The Kier molecular flexibility index (Phi) is 3.92. The highest BCUT2D eigenvalue weighted by atomic mass is 16.5. The monoisotopic (exact) mass is 335 g/mol. The highest BCUT2D eigenvalue weighted by Crippen LogP contribution is 2.46. The summed E-state index contributed by atoms with van der Waals surface area (Å²) in [7, 11) is 1.86. The van der Waals surface area contributed by atoms with Crippen LogP contribution in [0.1, 0.15) is 28.8 Å². The van der Waals surface area contributed by atoms with Gasteiger partial charge in [0.15, 0.2) is 17.1 Å². The highest BCUT2D eigenvalue weighted by molar-refractivity contribution is 6.27. The molecular formula is C21H21NO3. The van der Waals surface area contributed by atoms with Crippen LogP contribution >= 0.6 is 0 Å². The summed E-state index contributed by atoms with van der Waals surface area (Å²) in [6, 6.07) is 17.5. The number of hydrogen-bond acceptors (Lipinski definition) is 4. The zero-order valence-electron chi connectivity index (χ0n) is 14.3. The van der Waals surface area contributed by atoms with Gasteiger partial charge in [0.25, 0.3) is 0 Å². The molecule has 0 N–H and O–H groups in total. The van der Waals surface area contributed by atoms with Crippen molar-refractivity contribution >= 4 is 17.3 Å². The van der Waals surface area contributed by atoms with Crippen LogP contribution in [0.15, 0.2) is 54.6 Å². The Hall–Kier alpha value is -2.46. The first kappa shape index (κ1) is 16.0. The van der Waals surface area contributed by atoms with Crippen molar-refractivity contribution in [2.45, 2.75) is 25.0 Å². The van der Waals surface area contributed by atoms with Crippen LogP contribution < -0.4 is 4.90 Å². The Labute approximate surface area is 147 Å². The minimum Gasteiger partial charge on any atom is -0.376 e. The molecular weight excluding hydrogens is 314 g/mol. The number of fused-ring (bicyclic) bond motifs is 1. The summed E-state index contributed by atoms with van der Waals surface area (Å²) in [4.78, 5) is 27.7. The molecule has 2 aliphatic rings. The predicted molar refractivity (Wildman–Crippen MR) is 95.7 cm³/mol. The number of nitrogens with zero attached hydrogens (tertiary/aromatic N) is 1. The fourth-order valence-electron chi connectivity index (χ4n) is 4.15. The molecule has 4 heteroatoms. The number of carbonyl (C=O) groups is 2. The highest BCUT2D eigenvalue weighted by Gasteiger charge is 2.59. The number of ether oxygens (including phenoxy) is 1. The van der Waals surface area contributed by atoms with Crippen molar-refractivity contribution in [1.82, 2.24) is 0 Å². The standard InChI is InChI=1S/C21H21NO3/c1-22-18-10-6-5-9-17(18)20(24)21(22)12-16(11-19(21)23)14-25-13-15-7-3-2-4-8-15/h2-10,16H,11-14H2,1H3/t16-,21+/m1/s1. The molecule has 4 nitrogen and oxygen atoms in total. The van der Waals surface area contributed by atoms with Crippen LogP contribution in [0.25, 0.3) is 0 Å². The molecule has 0 aromatic heterocycles. The third kappa shape index (κ3) is 2.48. The van der Waals surface area contributed by atoms with Crippen molar-refractivity contribution in [2.24, 2.45) is 5.92 Å². The van der Waals surface area contributed by atoms with Gasteiger partial charge in [-0.1, -0.05) is 42.5 Å². The second kappa shape index (κ2) is 6.12. The molecule has 0 radical (unpaired) electrons. The number of carbonyl (C=O) groups excluding carboxylic acids is 2. The van der Waals surface area contributed by atoms with Gasteiger partial charge in [-0.05, 0) is 30.0 Å². The second-order valence-corrected chi connectivity index (χ2v) is 6.96. The van der Waals surface area contributed by atoms with Crippen molar-refractivity contribution < 1.29 is 14.3 Å². The van der Waals surface area contributed by atoms with Gasteiger partial charge in [-0.15, -0.1) is 0 Å². The summed E-state index contributed by atoms with van der Waals surface area (Å²) >= 11 is 0. The summed E-state index contributed by atoms with van der Waals surface area (Å²) < 4.78 is 5.82. The third-order valence-electron chi connectivity index (χ3n) is 5.44. The van der Waals surface area contributed by atoms with Crippen molar-refractivity contribution in [3.63, 3.8) is 0 Å². The SMILES string of the molecule is CN1c2ccccc2C(=O)[C@@]12C[C@H](COCc1ccccc1)CC2=O. The molecule has 25 heavy (non-hydrogen) atoms. The van der Waals surface area contributed by atoms with Crippen molar-refractivity contribution in [2.75, 3.05) is 18.6 Å². The molecule has 2 atom stereocenters. The summed E-state index contributed by atoms with van der Waals surface area (Å²) in [5.74, 6) is 0.0441. The molecule has 2 aromatic rings. The van der Waals surface area contributed by atoms with E-state index in [0.717, 1.165) is 11.3 Å². The molecule has 1 heterocycles. The first-order valence-corrected chi connectivity index (χ1v) is 8.65. The van der Waals surface area contributed by atoms with E-state index in [9.17, 15) is 9.59 Å². The number of ketones is 2. The molecule has 4 rings (SSSR count). The van der Waals surface area contributed by atoms with Crippen molar-refractivity contribution in [1.29, 1.82) is 0 Å². The molecule has 0 unspecified atom stereocenters. The summed E-state index contributed by atoms with van der Waals surface area (Å²) in [5.41, 5.74) is 1.60. The Balaban J connectivity index is 1.47. The predicted octanol–water partition coefficient (Wildman–Crippen LogP) is 3.25. The lowest BCUT2D eigenvalue weighted by atomic mass is 9.89. The zero-order chi connectivity index (χ0) is 17.4. The maximum Gasteiger partial charge on any atom is 0.198 e. The van der Waals surface area contributed by atoms with Crippen LogP contribution in [-0.4, -0.2) is 30.8 Å². The van der Waals surface area contributed by atoms with Gasteiger partial charge < -0.3 is 9.64 Å². The first-order valence-electron chi connectivity index (χ1n) is 8.65. The normalized spacial score (nSPS) is 25.0. The molecule has 1 aliphatic carbocycles. The maximum atomic E-state index is 13.0. The van der Waals surface area contributed by atoms with Gasteiger partial charge >= 0.3 is 0 Å². The average molecular weight is 335 g/mol. The van der Waals surface area contributed by atoms with Crippen molar-refractivity contribution in [3.8, 4) is 0 Å². The molecule has 1 saturated carbocycles. The van der Waals surface area contributed by atoms with E-state index in [1.165, 1.54) is 0 Å². The fraction of sp³-hybridized carbons (Fsp3) is 0.333. The van der Waals surface area contributed by atoms with Crippen LogP contribution in [0, 0.1) is 5.92 Å². The number of anilines is 1. The Morgan fingerprint density at radius 3 is 2.56 bits per heavy atom. The lowest BCUT2D eigenvalue weighted by molar-refractivity contribution is -0.120. The van der Waals surface area contributed by atoms with Gasteiger partial charge in [-0.2, -0.15) is 0 Å². The number of rotatable bonds is 4. The average Bonchev–Trinajstić information content (AvgIpc) is 3.08. The number of benzene rings is 2. The minimum absolute atomic E-state index is 0.0181. The molecule has 1 fully saturated rings. The Bertz CT molecular complexity index is 817. The summed E-state index contributed by atoms with van der Waals surface area (Å²) in [6.07, 6.45) is 0.934. The van der Waals surface area contributed by atoms with E-state index in [0.29, 0.717) is 31.6 Å². The molecule has 2 aromatic carbocycles. The van der Waals surface area contributed by atoms with Gasteiger partial charge in [0.05, 0.1) is 13.2 Å². The van der Waals surface area contributed by atoms with Gasteiger partial charge in [-0.3, -0.25) is 9.59 Å². The smallest absolute Gasteiger partial charge is 0.198 e. The number of hydrogen-bond donors (Lipinski definition) is 0. The van der Waals surface area contributed by atoms with Crippen LogP contribution in [0.5, 0.6) is 0 Å². The van der Waals surface area contributed by atoms with E-state index in [1.807, 2.05) is 66.5 Å². The first-order chi connectivity index (χ1) is 12.1. The topological polar surface area (TPSA) is 46.6 Å². The van der Waals surface area contributed by atoms with E-state index < -0.39 is 5.54 Å². The number of likely N-dealkylation sites (N-methyl/N-ethyl adjacent to an activating group) is 1. The van der Waals surface area contributed by atoms with E-state index in [-0.39, 0.29) is 17.5 Å². The fourth-order valence-corrected chi connectivity index (χ4v) is 4.15. The van der Waals surface area contributed by atoms with Crippen molar-refractivity contribution in [3.05, 3.63) is 65.7 Å². The molecule has 128 valence electrons.